The number of nitrogens with two attached hydrogens (primary N) is 1. The zero-order valence-electron chi connectivity index (χ0n) is 15.8. The number of rotatable bonds is 5. The molecule has 1 aromatic heterocycles. The van der Waals surface area contributed by atoms with E-state index in [0.717, 1.165) is 42.3 Å². The number of aromatic nitrogens is 1. The van der Waals surface area contributed by atoms with E-state index in [0.29, 0.717) is 11.2 Å². The second-order valence-corrected chi connectivity index (χ2v) is 8.29. The van der Waals surface area contributed by atoms with Gasteiger partial charge in [0, 0.05) is 31.9 Å². The van der Waals surface area contributed by atoms with E-state index in [1.165, 1.54) is 23.5 Å². The number of halogens is 1. The van der Waals surface area contributed by atoms with Gasteiger partial charge in [-0.2, -0.15) is 0 Å². The van der Waals surface area contributed by atoms with Crippen LogP contribution >= 0.6 is 11.3 Å². The van der Waals surface area contributed by atoms with Crippen molar-refractivity contribution in [2.45, 2.75) is 38.3 Å². The summed E-state index contributed by atoms with van der Waals surface area (Å²) in [5.41, 5.74) is 6.39. The van der Waals surface area contributed by atoms with Gasteiger partial charge < -0.3 is 20.7 Å². The number of anilines is 2. The van der Waals surface area contributed by atoms with Gasteiger partial charge in [-0.3, -0.25) is 4.79 Å². The zero-order chi connectivity index (χ0) is 19.6. The highest BCUT2D eigenvalue weighted by atomic mass is 32.1. The minimum Gasteiger partial charge on any atom is -0.381 e. The predicted molar refractivity (Wildman–Crippen MR) is 107 cm³/mol. The molecule has 0 atom stereocenters. The van der Waals surface area contributed by atoms with Gasteiger partial charge in [0.1, 0.15) is 16.5 Å². The van der Waals surface area contributed by atoms with Crippen molar-refractivity contribution in [1.82, 2.24) is 4.98 Å². The maximum Gasteiger partial charge on any atom is 0.245 e. The molecule has 0 aliphatic carbocycles. The number of nitrogens with zero attached hydrogens (tertiary/aromatic N) is 2. The van der Waals surface area contributed by atoms with E-state index in [1.807, 2.05) is 7.05 Å². The average Bonchev–Trinajstić information content (AvgIpc) is 3.05. The molecule has 1 fully saturated rings. The summed E-state index contributed by atoms with van der Waals surface area (Å²) in [6, 6.07) is 6.55. The van der Waals surface area contributed by atoms with Gasteiger partial charge in [0.05, 0.1) is 5.54 Å². The molecule has 2 aromatic rings. The molecule has 1 aliphatic heterocycles. The number of nitrogens with one attached hydrogen (secondary N) is 1. The third-order valence-electron chi connectivity index (χ3n) is 4.59. The van der Waals surface area contributed by atoms with Gasteiger partial charge in [-0.05, 0) is 51.0 Å². The number of carbonyl (C=O) groups is 1. The lowest BCUT2D eigenvalue weighted by Gasteiger charge is -2.32. The summed E-state index contributed by atoms with van der Waals surface area (Å²) in [6.07, 6.45) is 1.85. The van der Waals surface area contributed by atoms with E-state index in [-0.39, 0.29) is 11.7 Å². The van der Waals surface area contributed by atoms with Crippen molar-refractivity contribution in [1.29, 1.82) is 0 Å². The Morgan fingerprint density at radius 3 is 2.56 bits per heavy atom. The van der Waals surface area contributed by atoms with E-state index >= 15 is 0 Å². The van der Waals surface area contributed by atoms with Crippen LogP contribution in [0, 0.1) is 5.82 Å². The van der Waals surface area contributed by atoms with E-state index < -0.39 is 5.54 Å². The number of benzene rings is 1. The molecule has 3 rings (SSSR count). The summed E-state index contributed by atoms with van der Waals surface area (Å²) >= 11 is 1.40. The Balaban J connectivity index is 1.95. The molecule has 0 spiro atoms. The standard InChI is InChI=1S/C19H25FN4O2S/c1-19(2,21)17(25)23-18-22-15(12-4-6-13(20)7-5-12)16(27-18)24(3)14-8-10-26-11-9-14/h4-7,14H,8-11,21H2,1-3H3,(H,22,23,25). The van der Waals surface area contributed by atoms with Crippen LogP contribution in [0.5, 0.6) is 0 Å². The van der Waals surface area contributed by atoms with E-state index in [9.17, 15) is 9.18 Å². The SMILES string of the molecule is CN(c1sc(NC(=O)C(C)(C)N)nc1-c1ccc(F)cc1)C1CCOCC1. The molecule has 1 aliphatic rings. The van der Waals surface area contributed by atoms with Gasteiger partial charge in [-0.25, -0.2) is 9.37 Å². The number of ether oxygens (including phenoxy) is 1. The number of amides is 1. The first-order valence-electron chi connectivity index (χ1n) is 8.93. The minimum absolute atomic E-state index is 0.299. The fourth-order valence-electron chi connectivity index (χ4n) is 2.90. The molecule has 6 nitrogen and oxygen atoms in total. The van der Waals surface area contributed by atoms with Crippen LogP contribution in [0.1, 0.15) is 26.7 Å². The van der Waals surface area contributed by atoms with Crippen molar-refractivity contribution in [3.05, 3.63) is 30.1 Å². The van der Waals surface area contributed by atoms with Crippen LogP contribution in [0.3, 0.4) is 0 Å². The summed E-state index contributed by atoms with van der Waals surface area (Å²) in [7, 11) is 2.02. The summed E-state index contributed by atoms with van der Waals surface area (Å²) in [5, 5.41) is 4.21. The number of carbonyl (C=O) groups excluding carboxylic acids is 1. The van der Waals surface area contributed by atoms with Crippen LogP contribution in [0.25, 0.3) is 11.3 Å². The van der Waals surface area contributed by atoms with Crippen molar-refractivity contribution in [2.75, 3.05) is 30.5 Å². The first-order valence-corrected chi connectivity index (χ1v) is 9.75. The molecule has 8 heteroatoms. The third kappa shape index (κ3) is 4.63. The monoisotopic (exact) mass is 392 g/mol. The number of hydrogen-bond donors (Lipinski definition) is 2. The fraction of sp³-hybridized carbons (Fsp3) is 0.474. The van der Waals surface area contributed by atoms with Crippen LogP contribution in [-0.4, -0.2) is 42.7 Å². The van der Waals surface area contributed by atoms with Crippen molar-refractivity contribution < 1.29 is 13.9 Å². The summed E-state index contributed by atoms with van der Waals surface area (Å²) < 4.78 is 18.8. The van der Waals surface area contributed by atoms with Crippen LogP contribution in [0.15, 0.2) is 24.3 Å². The van der Waals surface area contributed by atoms with Crippen molar-refractivity contribution in [2.24, 2.45) is 5.73 Å². The molecule has 3 N–H and O–H groups in total. The molecule has 1 aromatic carbocycles. The van der Waals surface area contributed by atoms with Gasteiger partial charge in [0.25, 0.3) is 0 Å². The Morgan fingerprint density at radius 1 is 1.33 bits per heavy atom. The summed E-state index contributed by atoms with van der Waals surface area (Å²) in [5.74, 6) is -0.603. The second-order valence-electron chi connectivity index (χ2n) is 7.31. The van der Waals surface area contributed by atoms with Gasteiger partial charge >= 0.3 is 0 Å². The molecule has 1 amide bonds. The highest BCUT2D eigenvalue weighted by molar-refractivity contribution is 7.20. The van der Waals surface area contributed by atoms with Crippen molar-refractivity contribution in [3.8, 4) is 11.3 Å². The van der Waals surface area contributed by atoms with E-state index in [2.05, 4.69) is 15.2 Å². The van der Waals surface area contributed by atoms with E-state index in [1.54, 1.807) is 26.0 Å². The Morgan fingerprint density at radius 2 is 1.96 bits per heavy atom. The molecule has 0 saturated carbocycles. The lowest BCUT2D eigenvalue weighted by Crippen LogP contribution is -2.45. The quantitative estimate of drug-likeness (QED) is 0.817. The predicted octanol–water partition coefficient (Wildman–Crippen LogP) is 3.24. The van der Waals surface area contributed by atoms with Crippen molar-refractivity contribution >= 4 is 27.4 Å². The normalized spacial score (nSPS) is 15.6. The molecular weight excluding hydrogens is 367 g/mol. The average molecular weight is 393 g/mol. The van der Waals surface area contributed by atoms with E-state index in [4.69, 9.17) is 10.5 Å². The smallest absolute Gasteiger partial charge is 0.245 e. The maximum atomic E-state index is 13.3. The lowest BCUT2D eigenvalue weighted by molar-refractivity contribution is -0.120. The highest BCUT2D eigenvalue weighted by Gasteiger charge is 2.27. The highest BCUT2D eigenvalue weighted by Crippen LogP contribution is 2.40. The molecule has 1 saturated heterocycles. The Bertz CT molecular complexity index is 795. The minimum atomic E-state index is -1.01. The Hall–Kier alpha value is -2.03. The Labute approximate surface area is 162 Å². The number of hydrogen-bond acceptors (Lipinski definition) is 6. The third-order valence-corrected chi connectivity index (χ3v) is 5.65. The van der Waals surface area contributed by atoms with Gasteiger partial charge in [-0.15, -0.1) is 0 Å². The molecule has 27 heavy (non-hydrogen) atoms. The molecular formula is C19H25FN4O2S. The lowest BCUT2D eigenvalue weighted by atomic mass is 10.1. The van der Waals surface area contributed by atoms with Crippen LogP contribution in [0.2, 0.25) is 0 Å². The van der Waals surface area contributed by atoms with Crippen LogP contribution in [-0.2, 0) is 9.53 Å². The number of thiazole rings is 1. The first kappa shape index (κ1) is 19.7. The van der Waals surface area contributed by atoms with Crippen molar-refractivity contribution in [3.63, 3.8) is 0 Å². The molecule has 2 heterocycles. The van der Waals surface area contributed by atoms with Gasteiger partial charge in [-0.1, -0.05) is 11.3 Å². The fourth-order valence-corrected chi connectivity index (χ4v) is 3.91. The van der Waals surface area contributed by atoms with Gasteiger partial charge in [0.15, 0.2) is 5.13 Å². The molecule has 0 bridgehead atoms. The molecule has 0 unspecified atom stereocenters. The molecule has 146 valence electrons. The summed E-state index contributed by atoms with van der Waals surface area (Å²) in [6.45, 7) is 4.74. The zero-order valence-corrected chi connectivity index (χ0v) is 16.6. The first-order chi connectivity index (χ1) is 12.8. The van der Waals surface area contributed by atoms with Crippen LogP contribution in [0.4, 0.5) is 14.5 Å². The van der Waals surface area contributed by atoms with Crippen LogP contribution < -0.4 is 16.0 Å². The van der Waals surface area contributed by atoms with Gasteiger partial charge in [0.2, 0.25) is 5.91 Å². The maximum absolute atomic E-state index is 13.3. The second kappa shape index (κ2) is 7.92. The molecule has 0 radical (unpaired) electrons. The summed E-state index contributed by atoms with van der Waals surface area (Å²) in [4.78, 5) is 19.1. The topological polar surface area (TPSA) is 80.5 Å². The largest absolute Gasteiger partial charge is 0.381 e. The Kier molecular flexibility index (Phi) is 5.78.